The van der Waals surface area contributed by atoms with Gasteiger partial charge in [0.1, 0.15) is 17.7 Å². The van der Waals surface area contributed by atoms with Crippen molar-refractivity contribution in [1.29, 1.82) is 0 Å². The summed E-state index contributed by atoms with van der Waals surface area (Å²) in [7, 11) is 0. The molecule has 2 N–H and O–H groups in total. The van der Waals surface area contributed by atoms with Crippen LogP contribution in [-0.4, -0.2) is 129 Å². The van der Waals surface area contributed by atoms with E-state index in [1.54, 1.807) is 27.7 Å². The first-order chi connectivity index (χ1) is 24.1. The van der Waals surface area contributed by atoms with Crippen LogP contribution in [0.15, 0.2) is 24.3 Å². The van der Waals surface area contributed by atoms with E-state index in [0.717, 1.165) is 33.8 Å². The fraction of sp³-hybridized carbons (Fsp3) is 0.545. The average molecular weight is 721 g/mol. The van der Waals surface area contributed by atoms with Gasteiger partial charge in [0.15, 0.2) is 23.9 Å². The van der Waals surface area contributed by atoms with Gasteiger partial charge < -0.3 is 39.3 Å². The first-order valence-electron chi connectivity index (χ1n) is 16.5. The number of nitrogens with zero attached hydrogens (tertiary/aromatic N) is 5. The second-order valence-corrected chi connectivity index (χ2v) is 12.9. The van der Waals surface area contributed by atoms with Crippen molar-refractivity contribution >= 4 is 35.8 Å². The molecular weight excluding hydrogens is 678 g/mol. The van der Waals surface area contributed by atoms with Crippen molar-refractivity contribution in [3.05, 3.63) is 41.6 Å². The van der Waals surface area contributed by atoms with Crippen LogP contribution in [0.1, 0.15) is 63.9 Å². The summed E-state index contributed by atoms with van der Waals surface area (Å²) in [6.07, 6.45) is -0.149. The van der Waals surface area contributed by atoms with Crippen LogP contribution in [-0.2, 0) is 28.7 Å². The Hall–Kier alpha value is -5.29. The third-order valence-corrected chi connectivity index (χ3v) is 8.04. The van der Waals surface area contributed by atoms with Crippen molar-refractivity contribution in [2.24, 2.45) is 0 Å². The molecule has 0 bridgehead atoms. The standard InChI is InChI=1S/C33H42F2N6O10/c1-5-49-32(48)39-15-13-38(14-16-39)30(45)23(10-11-28(43)51-33(2,3)4)36-29(44)24-18-27(41(37-24)20-8-9-21(34)22(35)17-20)50-19-26(42)40-12-6-7-25(40)31(46)47/h8-9,17-18,23,25H,5-7,10-16,19H2,1-4H3,(H,36,44)(H,46,47)/t23-,25-/m0/s1. The number of nitrogens with one attached hydrogen (secondary N) is 1. The van der Waals surface area contributed by atoms with Crippen LogP contribution in [0, 0.1) is 11.6 Å². The molecule has 2 aromatic rings. The Morgan fingerprint density at radius 2 is 1.69 bits per heavy atom. The second kappa shape index (κ2) is 16.6. The lowest BCUT2D eigenvalue weighted by Crippen LogP contribution is -2.56. The molecule has 4 amide bonds. The van der Waals surface area contributed by atoms with Crippen molar-refractivity contribution in [3.8, 4) is 11.6 Å². The molecule has 0 spiro atoms. The Kier molecular flexibility index (Phi) is 12.5. The highest BCUT2D eigenvalue weighted by Gasteiger charge is 2.35. The van der Waals surface area contributed by atoms with Crippen LogP contribution in [0.4, 0.5) is 13.6 Å². The van der Waals surface area contributed by atoms with E-state index in [9.17, 15) is 42.7 Å². The maximum Gasteiger partial charge on any atom is 0.409 e. The van der Waals surface area contributed by atoms with E-state index in [2.05, 4.69) is 10.4 Å². The number of hydrogen-bond donors (Lipinski definition) is 2. The predicted molar refractivity (Wildman–Crippen MR) is 173 cm³/mol. The Labute approximate surface area is 292 Å². The Balaban J connectivity index is 1.56. The minimum absolute atomic E-state index is 0.0722. The molecule has 0 radical (unpaired) electrons. The second-order valence-electron chi connectivity index (χ2n) is 12.9. The number of hydrogen-bond acceptors (Lipinski definition) is 10. The number of carbonyl (C=O) groups is 6. The quantitative estimate of drug-likeness (QED) is 0.306. The predicted octanol–water partition coefficient (Wildman–Crippen LogP) is 2.13. The highest BCUT2D eigenvalue weighted by Crippen LogP contribution is 2.23. The monoisotopic (exact) mass is 720 g/mol. The largest absolute Gasteiger partial charge is 0.480 e. The Bertz CT molecular complexity index is 1640. The number of carbonyl (C=O) groups excluding carboxylic acids is 5. The minimum Gasteiger partial charge on any atom is -0.480 e. The van der Waals surface area contributed by atoms with Gasteiger partial charge in [0.2, 0.25) is 11.8 Å². The zero-order valence-corrected chi connectivity index (χ0v) is 28.9. The zero-order valence-electron chi connectivity index (χ0n) is 28.9. The molecule has 4 rings (SSSR count). The van der Waals surface area contributed by atoms with Crippen molar-refractivity contribution < 1.29 is 56.9 Å². The zero-order chi connectivity index (χ0) is 37.5. The molecule has 1 aromatic heterocycles. The van der Waals surface area contributed by atoms with Gasteiger partial charge in [-0.1, -0.05) is 0 Å². The number of amides is 4. The number of rotatable bonds is 12. The number of esters is 1. The van der Waals surface area contributed by atoms with E-state index < -0.39 is 71.7 Å². The third-order valence-electron chi connectivity index (χ3n) is 8.04. The smallest absolute Gasteiger partial charge is 0.409 e. The number of ether oxygens (including phenoxy) is 3. The summed E-state index contributed by atoms with van der Waals surface area (Å²) in [6.45, 7) is 7.09. The van der Waals surface area contributed by atoms with E-state index in [1.165, 1.54) is 9.80 Å². The SMILES string of the molecule is CCOC(=O)N1CCN(C(=O)[C@H](CCC(=O)OC(C)(C)C)NC(=O)c2cc(OCC(=O)N3CCC[C@H]3C(=O)O)n(-c3ccc(F)c(F)c3)n2)CC1. The topological polar surface area (TPSA) is 190 Å². The summed E-state index contributed by atoms with van der Waals surface area (Å²) in [5.41, 5.74) is -1.21. The van der Waals surface area contributed by atoms with Gasteiger partial charge in [-0.05, 0) is 59.1 Å². The van der Waals surface area contributed by atoms with Crippen LogP contribution in [0.3, 0.4) is 0 Å². The third kappa shape index (κ3) is 10.1. The lowest BCUT2D eigenvalue weighted by molar-refractivity contribution is -0.155. The summed E-state index contributed by atoms with van der Waals surface area (Å²) in [5.74, 6) is -6.46. The molecule has 2 atom stereocenters. The molecule has 278 valence electrons. The van der Waals surface area contributed by atoms with Gasteiger partial charge in [-0.15, -0.1) is 0 Å². The Morgan fingerprint density at radius 3 is 2.31 bits per heavy atom. The van der Waals surface area contributed by atoms with Gasteiger partial charge in [0.25, 0.3) is 11.8 Å². The van der Waals surface area contributed by atoms with Crippen LogP contribution in [0.2, 0.25) is 0 Å². The number of carboxylic acid groups (broad SMARTS) is 1. The van der Waals surface area contributed by atoms with Gasteiger partial charge in [-0.3, -0.25) is 19.2 Å². The number of aromatic nitrogens is 2. The van der Waals surface area contributed by atoms with Crippen molar-refractivity contribution in [2.75, 3.05) is 45.9 Å². The van der Waals surface area contributed by atoms with Gasteiger partial charge in [0, 0.05) is 51.3 Å². The number of benzene rings is 1. The molecule has 18 heteroatoms. The highest BCUT2D eigenvalue weighted by atomic mass is 19.2. The van der Waals surface area contributed by atoms with Gasteiger partial charge in [-0.2, -0.15) is 5.10 Å². The molecule has 2 aliphatic heterocycles. The molecule has 0 saturated carbocycles. The van der Waals surface area contributed by atoms with Crippen LogP contribution >= 0.6 is 0 Å². The molecular formula is C33H42F2N6O10. The fourth-order valence-electron chi connectivity index (χ4n) is 5.61. The number of likely N-dealkylation sites (tertiary alicyclic amines) is 1. The molecule has 0 aliphatic carbocycles. The molecule has 1 aromatic carbocycles. The maximum absolute atomic E-state index is 14.2. The molecule has 2 aliphatic rings. The Morgan fingerprint density at radius 1 is 1.00 bits per heavy atom. The van der Waals surface area contributed by atoms with E-state index in [4.69, 9.17) is 14.2 Å². The first kappa shape index (κ1) is 38.5. The fourth-order valence-corrected chi connectivity index (χ4v) is 5.61. The van der Waals surface area contributed by atoms with Crippen molar-refractivity contribution in [1.82, 2.24) is 29.8 Å². The molecule has 16 nitrogen and oxygen atoms in total. The van der Waals surface area contributed by atoms with Gasteiger partial charge in [0.05, 0.1) is 12.3 Å². The van der Waals surface area contributed by atoms with Gasteiger partial charge >= 0.3 is 18.0 Å². The summed E-state index contributed by atoms with van der Waals surface area (Å²) < 4.78 is 45.0. The summed E-state index contributed by atoms with van der Waals surface area (Å²) >= 11 is 0. The summed E-state index contributed by atoms with van der Waals surface area (Å²) in [4.78, 5) is 80.6. The van der Waals surface area contributed by atoms with Crippen LogP contribution in [0.25, 0.3) is 5.69 Å². The average Bonchev–Trinajstić information content (AvgIpc) is 3.74. The van der Waals surface area contributed by atoms with E-state index in [-0.39, 0.29) is 75.9 Å². The highest BCUT2D eigenvalue weighted by molar-refractivity contribution is 5.96. The summed E-state index contributed by atoms with van der Waals surface area (Å²) in [6, 6.07) is 1.63. The van der Waals surface area contributed by atoms with E-state index in [0.29, 0.717) is 6.42 Å². The maximum atomic E-state index is 14.2. The first-order valence-corrected chi connectivity index (χ1v) is 16.5. The minimum atomic E-state index is -1.25. The number of carboxylic acids is 1. The van der Waals surface area contributed by atoms with Gasteiger partial charge in [-0.25, -0.2) is 23.1 Å². The lowest BCUT2D eigenvalue weighted by atomic mass is 10.1. The number of aliphatic carboxylic acids is 1. The lowest BCUT2D eigenvalue weighted by Gasteiger charge is -2.36. The summed E-state index contributed by atoms with van der Waals surface area (Å²) in [5, 5.41) is 16.2. The van der Waals surface area contributed by atoms with Crippen LogP contribution < -0.4 is 10.1 Å². The normalized spacial score (nSPS) is 16.7. The van der Waals surface area contributed by atoms with E-state index >= 15 is 0 Å². The molecule has 3 heterocycles. The van der Waals surface area contributed by atoms with Crippen LogP contribution in [0.5, 0.6) is 5.88 Å². The molecule has 2 fully saturated rings. The molecule has 0 unspecified atom stereocenters. The van der Waals surface area contributed by atoms with E-state index in [1.807, 2.05) is 0 Å². The number of halogens is 2. The molecule has 2 saturated heterocycles. The van der Waals surface area contributed by atoms with Crippen molar-refractivity contribution in [3.63, 3.8) is 0 Å². The number of piperazine rings is 1. The molecule has 51 heavy (non-hydrogen) atoms. The van der Waals surface area contributed by atoms with Crippen molar-refractivity contribution in [2.45, 2.75) is 71.1 Å².